The van der Waals surface area contributed by atoms with Crippen molar-refractivity contribution in [2.75, 3.05) is 26.3 Å². The summed E-state index contributed by atoms with van der Waals surface area (Å²) >= 11 is 0. The van der Waals surface area contributed by atoms with E-state index in [1.165, 1.54) is 0 Å². The molecule has 1 saturated heterocycles. The van der Waals surface area contributed by atoms with Crippen LogP contribution in [0.1, 0.15) is 25.6 Å². The first-order chi connectivity index (χ1) is 10.2. The minimum absolute atomic E-state index is 0.142. The van der Waals surface area contributed by atoms with Crippen molar-refractivity contribution in [3.05, 3.63) is 30.1 Å². The fourth-order valence-electron chi connectivity index (χ4n) is 2.75. The molecule has 21 heavy (non-hydrogen) atoms. The number of hydrogen-bond donors (Lipinski definition) is 0. The van der Waals surface area contributed by atoms with Gasteiger partial charge in [-0.1, -0.05) is 26.0 Å². The van der Waals surface area contributed by atoms with Gasteiger partial charge in [0.05, 0.1) is 24.2 Å². The largest absolute Gasteiger partial charge is 0.378 e. The molecule has 0 bridgehead atoms. The van der Waals surface area contributed by atoms with E-state index in [0.717, 1.165) is 16.9 Å². The Kier molecular flexibility index (Phi) is 3.92. The van der Waals surface area contributed by atoms with Gasteiger partial charge in [0.25, 0.3) is 0 Å². The van der Waals surface area contributed by atoms with E-state index in [-0.39, 0.29) is 11.8 Å². The fourth-order valence-corrected chi connectivity index (χ4v) is 2.75. The van der Waals surface area contributed by atoms with Crippen molar-refractivity contribution >= 4 is 16.9 Å². The highest BCUT2D eigenvalue weighted by Crippen LogP contribution is 2.22. The van der Waals surface area contributed by atoms with Gasteiger partial charge in [0.15, 0.2) is 0 Å². The van der Waals surface area contributed by atoms with E-state index in [1.54, 1.807) is 0 Å². The van der Waals surface area contributed by atoms with E-state index < -0.39 is 0 Å². The highest BCUT2D eigenvalue weighted by Gasteiger charge is 2.20. The minimum atomic E-state index is 0.142. The van der Waals surface area contributed by atoms with Gasteiger partial charge in [0.1, 0.15) is 12.4 Å². The number of carbonyl (C=O) groups is 1. The van der Waals surface area contributed by atoms with Crippen LogP contribution >= 0.6 is 0 Å². The summed E-state index contributed by atoms with van der Waals surface area (Å²) in [6.45, 7) is 7.20. The summed E-state index contributed by atoms with van der Waals surface area (Å²) in [5, 5.41) is 0. The smallest absolute Gasteiger partial charge is 0.242 e. The second-order valence-corrected chi connectivity index (χ2v) is 5.69. The Morgan fingerprint density at radius 3 is 2.71 bits per heavy atom. The highest BCUT2D eigenvalue weighted by molar-refractivity contribution is 5.81. The van der Waals surface area contributed by atoms with Crippen molar-refractivity contribution in [2.24, 2.45) is 0 Å². The summed E-state index contributed by atoms with van der Waals surface area (Å²) in [7, 11) is 0. The van der Waals surface area contributed by atoms with Crippen molar-refractivity contribution in [3.8, 4) is 0 Å². The lowest BCUT2D eigenvalue weighted by Gasteiger charge is -2.27. The molecule has 2 aromatic rings. The van der Waals surface area contributed by atoms with E-state index in [9.17, 15) is 4.79 Å². The number of morpholine rings is 1. The van der Waals surface area contributed by atoms with E-state index in [4.69, 9.17) is 4.74 Å². The molecule has 112 valence electrons. The Morgan fingerprint density at radius 1 is 1.29 bits per heavy atom. The molecule has 0 aliphatic carbocycles. The molecule has 0 spiro atoms. The topological polar surface area (TPSA) is 47.4 Å². The van der Waals surface area contributed by atoms with Crippen molar-refractivity contribution < 1.29 is 9.53 Å². The average molecular weight is 287 g/mol. The zero-order valence-electron chi connectivity index (χ0n) is 12.6. The Hall–Kier alpha value is -1.88. The molecular weight excluding hydrogens is 266 g/mol. The molecule has 0 radical (unpaired) electrons. The number of aromatic nitrogens is 2. The van der Waals surface area contributed by atoms with Crippen LogP contribution < -0.4 is 0 Å². The van der Waals surface area contributed by atoms with Crippen LogP contribution in [-0.4, -0.2) is 46.7 Å². The molecular formula is C16H21N3O2. The average Bonchev–Trinajstić information content (AvgIpc) is 2.87. The number of ether oxygens (including phenoxy) is 1. The van der Waals surface area contributed by atoms with Gasteiger partial charge in [-0.3, -0.25) is 4.79 Å². The van der Waals surface area contributed by atoms with Crippen LogP contribution in [0.2, 0.25) is 0 Å². The lowest BCUT2D eigenvalue weighted by molar-refractivity contribution is -0.135. The zero-order chi connectivity index (χ0) is 14.8. The van der Waals surface area contributed by atoms with Gasteiger partial charge in [-0.05, 0) is 12.1 Å². The van der Waals surface area contributed by atoms with Crippen LogP contribution in [0.25, 0.3) is 11.0 Å². The minimum Gasteiger partial charge on any atom is -0.378 e. The Bertz CT molecular complexity index is 642. The summed E-state index contributed by atoms with van der Waals surface area (Å²) in [6, 6.07) is 8.00. The number of rotatable bonds is 3. The number of carbonyl (C=O) groups excluding carboxylic acids is 1. The second kappa shape index (κ2) is 5.85. The maximum atomic E-state index is 12.5. The third-order valence-corrected chi connectivity index (χ3v) is 3.86. The summed E-state index contributed by atoms with van der Waals surface area (Å²) in [6.07, 6.45) is 0. The van der Waals surface area contributed by atoms with Gasteiger partial charge in [-0.2, -0.15) is 0 Å². The molecule has 0 N–H and O–H groups in total. The third-order valence-electron chi connectivity index (χ3n) is 3.86. The molecule has 3 rings (SSSR count). The molecule has 1 aliphatic rings. The van der Waals surface area contributed by atoms with Gasteiger partial charge >= 0.3 is 0 Å². The molecule has 5 heteroatoms. The van der Waals surface area contributed by atoms with Gasteiger partial charge in [-0.15, -0.1) is 0 Å². The van der Waals surface area contributed by atoms with Crippen molar-refractivity contribution in [1.29, 1.82) is 0 Å². The predicted octanol–water partition coefficient (Wildman–Crippen LogP) is 2.02. The molecule has 1 amide bonds. The standard InChI is InChI=1S/C16H21N3O2/c1-12(2)16-17-13-5-3-4-6-14(13)19(16)11-15(20)18-7-9-21-10-8-18/h3-6,12H,7-11H2,1-2H3. The number of hydrogen-bond acceptors (Lipinski definition) is 3. The molecule has 2 heterocycles. The predicted molar refractivity (Wildman–Crippen MR) is 81.2 cm³/mol. The Labute approximate surface area is 124 Å². The summed E-state index contributed by atoms with van der Waals surface area (Å²) in [5.74, 6) is 1.40. The SMILES string of the molecule is CC(C)c1nc2ccccc2n1CC(=O)N1CCOCC1. The third kappa shape index (κ3) is 2.78. The first-order valence-electron chi connectivity index (χ1n) is 7.47. The summed E-state index contributed by atoms with van der Waals surface area (Å²) in [5.41, 5.74) is 1.98. The van der Waals surface area contributed by atoms with E-state index in [2.05, 4.69) is 23.4 Å². The van der Waals surface area contributed by atoms with Gasteiger partial charge in [-0.25, -0.2) is 4.98 Å². The van der Waals surface area contributed by atoms with E-state index in [1.807, 2.05) is 29.2 Å². The van der Waals surface area contributed by atoms with Crippen LogP contribution in [-0.2, 0) is 16.1 Å². The summed E-state index contributed by atoms with van der Waals surface area (Å²) < 4.78 is 7.36. The maximum Gasteiger partial charge on any atom is 0.242 e. The number of amides is 1. The lowest BCUT2D eigenvalue weighted by atomic mass is 10.2. The number of nitrogens with zero attached hydrogens (tertiary/aromatic N) is 3. The Morgan fingerprint density at radius 2 is 2.00 bits per heavy atom. The fraction of sp³-hybridized carbons (Fsp3) is 0.500. The van der Waals surface area contributed by atoms with E-state index >= 15 is 0 Å². The molecule has 0 saturated carbocycles. The normalized spacial score (nSPS) is 15.9. The number of benzene rings is 1. The number of imidazole rings is 1. The van der Waals surface area contributed by atoms with Crippen LogP contribution in [0.4, 0.5) is 0 Å². The summed E-state index contributed by atoms with van der Waals surface area (Å²) in [4.78, 5) is 19.1. The van der Waals surface area contributed by atoms with Crippen molar-refractivity contribution in [2.45, 2.75) is 26.3 Å². The molecule has 1 aliphatic heterocycles. The lowest BCUT2D eigenvalue weighted by Crippen LogP contribution is -2.42. The molecule has 5 nitrogen and oxygen atoms in total. The molecule has 0 atom stereocenters. The van der Waals surface area contributed by atoms with Crippen LogP contribution in [0.5, 0.6) is 0 Å². The molecule has 1 aromatic heterocycles. The number of para-hydroxylation sites is 2. The molecule has 1 aromatic carbocycles. The van der Waals surface area contributed by atoms with Crippen LogP contribution in [0.15, 0.2) is 24.3 Å². The van der Waals surface area contributed by atoms with E-state index in [0.29, 0.717) is 32.8 Å². The molecule has 1 fully saturated rings. The Balaban J connectivity index is 1.91. The highest BCUT2D eigenvalue weighted by atomic mass is 16.5. The second-order valence-electron chi connectivity index (χ2n) is 5.69. The maximum absolute atomic E-state index is 12.5. The first kappa shape index (κ1) is 14.1. The van der Waals surface area contributed by atoms with Crippen molar-refractivity contribution in [1.82, 2.24) is 14.5 Å². The van der Waals surface area contributed by atoms with Crippen LogP contribution in [0, 0.1) is 0 Å². The zero-order valence-corrected chi connectivity index (χ0v) is 12.6. The quantitative estimate of drug-likeness (QED) is 0.867. The number of fused-ring (bicyclic) bond motifs is 1. The van der Waals surface area contributed by atoms with Gasteiger partial charge < -0.3 is 14.2 Å². The monoisotopic (exact) mass is 287 g/mol. The van der Waals surface area contributed by atoms with Gasteiger partial charge in [0.2, 0.25) is 5.91 Å². The van der Waals surface area contributed by atoms with Crippen LogP contribution in [0.3, 0.4) is 0 Å². The van der Waals surface area contributed by atoms with Crippen molar-refractivity contribution in [3.63, 3.8) is 0 Å². The molecule has 0 unspecified atom stereocenters. The first-order valence-corrected chi connectivity index (χ1v) is 7.47. The van der Waals surface area contributed by atoms with Gasteiger partial charge in [0, 0.05) is 19.0 Å².